The lowest BCUT2D eigenvalue weighted by Crippen LogP contribution is -2.02. The Morgan fingerprint density at radius 1 is 1.12 bits per heavy atom. The van der Waals surface area contributed by atoms with Crippen LogP contribution in [0, 0.1) is 0 Å². The Kier molecular flexibility index (Phi) is 3.59. The summed E-state index contributed by atoms with van der Waals surface area (Å²) in [6.45, 7) is 0. The van der Waals surface area contributed by atoms with E-state index in [0.717, 1.165) is 4.90 Å². The minimum atomic E-state index is -0.409. The van der Waals surface area contributed by atoms with Crippen molar-refractivity contribution in [2.75, 3.05) is 0 Å². The van der Waals surface area contributed by atoms with Gasteiger partial charge in [-0.3, -0.25) is 4.79 Å². The first kappa shape index (κ1) is 11.6. The van der Waals surface area contributed by atoms with Crippen LogP contribution in [0.2, 0.25) is 10.0 Å². The van der Waals surface area contributed by atoms with Crippen LogP contribution < -0.4 is 5.43 Å². The first-order chi connectivity index (χ1) is 7.68. The van der Waals surface area contributed by atoms with Crippen LogP contribution in [0.1, 0.15) is 0 Å². The topological polar surface area (TPSA) is 30.2 Å². The highest BCUT2D eigenvalue weighted by atomic mass is 35.5. The number of hydrogen-bond donors (Lipinski definition) is 0. The van der Waals surface area contributed by atoms with E-state index in [-0.39, 0.29) is 10.0 Å². The Labute approximate surface area is 106 Å². The van der Waals surface area contributed by atoms with Gasteiger partial charge in [0.05, 0.1) is 0 Å². The van der Waals surface area contributed by atoms with Crippen LogP contribution in [0.3, 0.4) is 0 Å². The minimum absolute atomic E-state index is 0.0117. The van der Waals surface area contributed by atoms with Gasteiger partial charge in [0.15, 0.2) is 5.09 Å². The minimum Gasteiger partial charge on any atom is -0.454 e. The standard InChI is InChI=1S/C11H6Cl2O2S/c12-8-6-15-11(9(13)10(8)14)16-7-4-2-1-3-5-7/h1-6H. The summed E-state index contributed by atoms with van der Waals surface area (Å²) in [5, 5.41) is 0.353. The van der Waals surface area contributed by atoms with E-state index in [4.69, 9.17) is 27.6 Å². The van der Waals surface area contributed by atoms with Crippen molar-refractivity contribution in [3.63, 3.8) is 0 Å². The zero-order valence-corrected chi connectivity index (χ0v) is 10.3. The molecule has 0 radical (unpaired) electrons. The van der Waals surface area contributed by atoms with E-state index < -0.39 is 5.43 Å². The Morgan fingerprint density at radius 2 is 1.81 bits per heavy atom. The predicted octanol–water partition coefficient (Wildman–Crippen LogP) is 4.10. The van der Waals surface area contributed by atoms with E-state index in [0.29, 0.717) is 5.09 Å². The van der Waals surface area contributed by atoms with Crippen LogP contribution in [-0.2, 0) is 0 Å². The van der Waals surface area contributed by atoms with E-state index >= 15 is 0 Å². The predicted molar refractivity (Wildman–Crippen MR) is 65.6 cm³/mol. The Balaban J connectivity index is 2.37. The molecule has 0 aliphatic heterocycles. The molecular formula is C11H6Cl2O2S. The van der Waals surface area contributed by atoms with Crippen LogP contribution in [0.4, 0.5) is 0 Å². The lowest BCUT2D eigenvalue weighted by atomic mass is 10.4. The first-order valence-electron chi connectivity index (χ1n) is 4.38. The molecule has 0 unspecified atom stereocenters. The molecule has 0 amide bonds. The molecule has 1 heterocycles. The fraction of sp³-hybridized carbons (Fsp3) is 0. The van der Waals surface area contributed by atoms with Crippen molar-refractivity contribution in [1.82, 2.24) is 0 Å². The highest BCUT2D eigenvalue weighted by molar-refractivity contribution is 7.99. The highest BCUT2D eigenvalue weighted by Crippen LogP contribution is 2.31. The van der Waals surface area contributed by atoms with E-state index in [1.807, 2.05) is 30.3 Å². The van der Waals surface area contributed by atoms with Gasteiger partial charge in [-0.15, -0.1) is 0 Å². The Morgan fingerprint density at radius 3 is 2.50 bits per heavy atom. The zero-order chi connectivity index (χ0) is 11.5. The molecule has 2 rings (SSSR count). The van der Waals surface area contributed by atoms with Gasteiger partial charge in [-0.1, -0.05) is 53.2 Å². The van der Waals surface area contributed by atoms with Crippen molar-refractivity contribution >= 4 is 35.0 Å². The molecule has 0 aliphatic rings. The number of rotatable bonds is 2. The van der Waals surface area contributed by atoms with Crippen LogP contribution in [0.25, 0.3) is 0 Å². The van der Waals surface area contributed by atoms with Gasteiger partial charge < -0.3 is 4.42 Å². The molecule has 0 bridgehead atoms. The van der Waals surface area contributed by atoms with E-state index in [1.165, 1.54) is 18.0 Å². The third kappa shape index (κ3) is 2.43. The molecule has 1 aromatic heterocycles. The quantitative estimate of drug-likeness (QED) is 0.825. The molecule has 0 aliphatic carbocycles. The summed E-state index contributed by atoms with van der Waals surface area (Å²) in [6, 6.07) is 9.49. The largest absolute Gasteiger partial charge is 0.454 e. The summed E-state index contributed by atoms with van der Waals surface area (Å²) < 4.78 is 5.17. The third-order valence-electron chi connectivity index (χ3n) is 1.82. The number of benzene rings is 1. The summed E-state index contributed by atoms with van der Waals surface area (Å²) in [6.07, 6.45) is 1.20. The SMILES string of the molecule is O=c1c(Cl)coc(Sc2ccccc2)c1Cl. The summed E-state index contributed by atoms with van der Waals surface area (Å²) in [4.78, 5) is 12.4. The summed E-state index contributed by atoms with van der Waals surface area (Å²) >= 11 is 12.7. The maximum absolute atomic E-state index is 11.4. The molecule has 1 aromatic carbocycles. The van der Waals surface area contributed by atoms with Crippen molar-refractivity contribution in [3.8, 4) is 0 Å². The van der Waals surface area contributed by atoms with E-state index in [2.05, 4.69) is 0 Å². The van der Waals surface area contributed by atoms with Gasteiger partial charge in [-0.25, -0.2) is 0 Å². The average Bonchev–Trinajstić information content (AvgIpc) is 2.31. The normalized spacial score (nSPS) is 10.4. The van der Waals surface area contributed by atoms with Gasteiger partial charge in [0.1, 0.15) is 16.3 Å². The second kappa shape index (κ2) is 4.95. The lowest BCUT2D eigenvalue weighted by Gasteiger charge is -2.02. The van der Waals surface area contributed by atoms with Crippen molar-refractivity contribution in [2.45, 2.75) is 9.99 Å². The maximum atomic E-state index is 11.4. The third-order valence-corrected chi connectivity index (χ3v) is 3.53. The Bertz CT molecular complexity index is 552. The van der Waals surface area contributed by atoms with Gasteiger partial charge in [-0.2, -0.15) is 0 Å². The maximum Gasteiger partial charge on any atom is 0.223 e. The van der Waals surface area contributed by atoms with Crippen molar-refractivity contribution in [3.05, 3.63) is 56.9 Å². The molecule has 5 heteroatoms. The summed E-state index contributed by atoms with van der Waals surface area (Å²) in [5.41, 5.74) is -0.409. The monoisotopic (exact) mass is 272 g/mol. The van der Waals surface area contributed by atoms with Crippen LogP contribution >= 0.6 is 35.0 Å². The first-order valence-corrected chi connectivity index (χ1v) is 5.95. The smallest absolute Gasteiger partial charge is 0.223 e. The molecule has 0 fully saturated rings. The summed E-state index contributed by atoms with van der Waals surface area (Å²) in [5.74, 6) is 0. The van der Waals surface area contributed by atoms with Gasteiger partial charge >= 0.3 is 0 Å². The van der Waals surface area contributed by atoms with Gasteiger partial charge in [0.2, 0.25) is 5.43 Å². The second-order valence-electron chi connectivity index (χ2n) is 2.93. The molecule has 0 atom stereocenters. The molecule has 0 spiro atoms. The lowest BCUT2D eigenvalue weighted by molar-refractivity contribution is 0.454. The molecule has 0 N–H and O–H groups in total. The molecule has 0 saturated heterocycles. The average molecular weight is 273 g/mol. The van der Waals surface area contributed by atoms with E-state index in [1.54, 1.807) is 0 Å². The van der Waals surface area contributed by atoms with Crippen molar-refractivity contribution < 1.29 is 4.42 Å². The number of hydrogen-bond acceptors (Lipinski definition) is 3. The zero-order valence-electron chi connectivity index (χ0n) is 7.94. The molecule has 0 saturated carbocycles. The fourth-order valence-corrected chi connectivity index (χ4v) is 2.31. The van der Waals surface area contributed by atoms with Gasteiger partial charge in [0.25, 0.3) is 0 Å². The molecule has 2 nitrogen and oxygen atoms in total. The van der Waals surface area contributed by atoms with Gasteiger partial charge in [-0.05, 0) is 12.1 Å². The van der Waals surface area contributed by atoms with Crippen LogP contribution in [0.5, 0.6) is 0 Å². The summed E-state index contributed by atoms with van der Waals surface area (Å²) in [7, 11) is 0. The van der Waals surface area contributed by atoms with Crippen LogP contribution in [0.15, 0.2) is 55.8 Å². The highest BCUT2D eigenvalue weighted by Gasteiger charge is 2.11. The van der Waals surface area contributed by atoms with Crippen LogP contribution in [-0.4, -0.2) is 0 Å². The fourth-order valence-electron chi connectivity index (χ4n) is 1.07. The molecular weight excluding hydrogens is 267 g/mol. The van der Waals surface area contributed by atoms with Gasteiger partial charge in [0, 0.05) is 4.90 Å². The molecule has 82 valence electrons. The van der Waals surface area contributed by atoms with Crippen molar-refractivity contribution in [1.29, 1.82) is 0 Å². The number of halogens is 2. The Hall–Kier alpha value is -0.900. The molecule has 16 heavy (non-hydrogen) atoms. The molecule has 2 aromatic rings. The van der Waals surface area contributed by atoms with Crippen molar-refractivity contribution in [2.24, 2.45) is 0 Å². The van der Waals surface area contributed by atoms with E-state index in [9.17, 15) is 4.79 Å². The second-order valence-corrected chi connectivity index (χ2v) is 4.76.